The average Bonchev–Trinajstić information content (AvgIpc) is 1.99. The molecule has 0 fully saturated rings. The summed E-state index contributed by atoms with van der Waals surface area (Å²) in [5.74, 6) is -1.04. The van der Waals surface area contributed by atoms with Gasteiger partial charge in [0.25, 0.3) is 0 Å². The Morgan fingerprint density at radius 3 is 2.17 bits per heavy atom. The van der Waals surface area contributed by atoms with Crippen molar-refractivity contribution in [2.45, 2.75) is 4.84 Å². The summed E-state index contributed by atoms with van der Waals surface area (Å²) >= 11 is 21.5. The minimum atomic E-state index is -1.02. The van der Waals surface area contributed by atoms with E-state index in [-0.39, 0.29) is 16.0 Å². The lowest BCUT2D eigenvalue weighted by atomic mass is 10.6. The Bertz CT molecular complexity index is 280. The SMILES string of the molecule is Fc1nc(C(Cl)Cl)nc(Cl)c1Cl. The molecule has 0 bridgehead atoms. The number of rotatable bonds is 1. The van der Waals surface area contributed by atoms with Crippen LogP contribution in [-0.4, -0.2) is 9.97 Å². The second-order valence-electron chi connectivity index (χ2n) is 1.78. The van der Waals surface area contributed by atoms with Gasteiger partial charge in [-0.05, 0) is 0 Å². The zero-order chi connectivity index (χ0) is 9.30. The molecule has 66 valence electrons. The third kappa shape index (κ3) is 2.10. The Morgan fingerprint density at radius 2 is 1.75 bits per heavy atom. The number of hydrogen-bond acceptors (Lipinski definition) is 2. The molecule has 0 saturated heterocycles. The molecule has 0 saturated carbocycles. The van der Waals surface area contributed by atoms with Crippen LogP contribution in [0.5, 0.6) is 0 Å². The maximum atomic E-state index is 12.7. The fraction of sp³-hybridized carbons (Fsp3) is 0.200. The van der Waals surface area contributed by atoms with Crippen molar-refractivity contribution >= 4 is 46.4 Å². The Morgan fingerprint density at radius 1 is 1.17 bits per heavy atom. The Hall–Kier alpha value is 0.170. The molecule has 0 aliphatic rings. The minimum absolute atomic E-state index is 0.106. The molecule has 1 heterocycles. The van der Waals surface area contributed by atoms with Gasteiger partial charge in [0.1, 0.15) is 5.02 Å². The number of hydrogen-bond donors (Lipinski definition) is 0. The highest BCUT2D eigenvalue weighted by atomic mass is 35.5. The molecule has 1 aromatic heterocycles. The topological polar surface area (TPSA) is 25.8 Å². The summed E-state index contributed by atoms with van der Waals surface area (Å²) in [6.07, 6.45) is 0. The molecule has 0 unspecified atom stereocenters. The Balaban J connectivity index is 3.21. The zero-order valence-electron chi connectivity index (χ0n) is 5.36. The number of alkyl halides is 2. The van der Waals surface area contributed by atoms with Gasteiger partial charge in [0.05, 0.1) is 0 Å². The zero-order valence-corrected chi connectivity index (χ0v) is 8.39. The van der Waals surface area contributed by atoms with E-state index in [0.717, 1.165) is 0 Å². The van der Waals surface area contributed by atoms with E-state index in [0.29, 0.717) is 0 Å². The van der Waals surface area contributed by atoms with Gasteiger partial charge in [0, 0.05) is 0 Å². The molecule has 0 aliphatic heterocycles. The minimum Gasteiger partial charge on any atom is -0.216 e. The average molecular weight is 250 g/mol. The summed E-state index contributed by atoms with van der Waals surface area (Å²) in [7, 11) is 0. The first-order valence-electron chi connectivity index (χ1n) is 2.69. The first-order chi connectivity index (χ1) is 5.52. The van der Waals surface area contributed by atoms with Crippen molar-refractivity contribution < 1.29 is 4.39 Å². The molecule has 0 spiro atoms. The number of aromatic nitrogens is 2. The highest BCUT2D eigenvalue weighted by Crippen LogP contribution is 2.27. The van der Waals surface area contributed by atoms with E-state index in [4.69, 9.17) is 46.4 Å². The summed E-state index contributed by atoms with van der Waals surface area (Å²) in [6.45, 7) is 0. The largest absolute Gasteiger partial charge is 0.236 e. The van der Waals surface area contributed by atoms with Crippen molar-refractivity contribution in [3.63, 3.8) is 0 Å². The van der Waals surface area contributed by atoms with Gasteiger partial charge in [-0.15, -0.1) is 0 Å². The van der Waals surface area contributed by atoms with Crippen molar-refractivity contribution in [1.29, 1.82) is 0 Å². The molecule has 1 rings (SSSR count). The number of halogens is 5. The van der Waals surface area contributed by atoms with Crippen molar-refractivity contribution in [2.24, 2.45) is 0 Å². The van der Waals surface area contributed by atoms with Gasteiger partial charge in [-0.3, -0.25) is 0 Å². The van der Waals surface area contributed by atoms with Crippen LogP contribution in [0.1, 0.15) is 10.7 Å². The predicted molar refractivity (Wildman–Crippen MR) is 46.5 cm³/mol. The third-order valence-corrected chi connectivity index (χ3v) is 2.08. The standard InChI is InChI=1S/C5HCl4FN2/c6-1-3(9)11-5(2(7)8)12-4(1)10/h2H. The summed E-state index contributed by atoms with van der Waals surface area (Å²) in [6, 6.07) is 0. The Kier molecular flexibility index (Phi) is 3.35. The van der Waals surface area contributed by atoms with Gasteiger partial charge in [0.2, 0.25) is 5.95 Å². The maximum absolute atomic E-state index is 12.7. The molecule has 0 N–H and O–H groups in total. The van der Waals surface area contributed by atoms with Gasteiger partial charge < -0.3 is 0 Å². The molecule has 2 nitrogen and oxygen atoms in total. The third-order valence-electron chi connectivity index (χ3n) is 0.983. The summed E-state index contributed by atoms with van der Waals surface area (Å²) in [4.78, 5) is 5.81. The summed E-state index contributed by atoms with van der Waals surface area (Å²) in [5.41, 5.74) is 0. The maximum Gasteiger partial charge on any atom is 0.236 e. The first-order valence-corrected chi connectivity index (χ1v) is 4.32. The monoisotopic (exact) mass is 248 g/mol. The van der Waals surface area contributed by atoms with E-state index in [2.05, 4.69) is 9.97 Å². The molecule has 0 amide bonds. The predicted octanol–water partition coefficient (Wildman–Crippen LogP) is 3.40. The van der Waals surface area contributed by atoms with Crippen LogP contribution in [0, 0.1) is 5.95 Å². The molecule has 12 heavy (non-hydrogen) atoms. The van der Waals surface area contributed by atoms with E-state index in [1.165, 1.54) is 0 Å². The normalized spacial score (nSPS) is 10.8. The molecule has 0 atom stereocenters. The molecule has 0 aliphatic carbocycles. The fourth-order valence-electron chi connectivity index (χ4n) is 0.507. The van der Waals surface area contributed by atoms with Crippen LogP contribution in [0.15, 0.2) is 0 Å². The lowest BCUT2D eigenvalue weighted by Crippen LogP contribution is -1.98. The lowest BCUT2D eigenvalue weighted by Gasteiger charge is -2.01. The van der Waals surface area contributed by atoms with Crippen molar-refractivity contribution in [2.75, 3.05) is 0 Å². The van der Waals surface area contributed by atoms with Gasteiger partial charge in [-0.25, -0.2) is 9.97 Å². The van der Waals surface area contributed by atoms with Gasteiger partial charge >= 0.3 is 0 Å². The van der Waals surface area contributed by atoms with Crippen molar-refractivity contribution in [3.8, 4) is 0 Å². The molecular weight excluding hydrogens is 249 g/mol. The van der Waals surface area contributed by atoms with Crippen LogP contribution in [0.3, 0.4) is 0 Å². The van der Waals surface area contributed by atoms with Crippen LogP contribution in [0.4, 0.5) is 4.39 Å². The lowest BCUT2D eigenvalue weighted by molar-refractivity contribution is 0.573. The second kappa shape index (κ2) is 3.92. The first kappa shape index (κ1) is 10.3. The van der Waals surface area contributed by atoms with Crippen molar-refractivity contribution in [1.82, 2.24) is 9.97 Å². The van der Waals surface area contributed by atoms with Gasteiger partial charge in [-0.2, -0.15) is 4.39 Å². The van der Waals surface area contributed by atoms with Crippen LogP contribution in [0.25, 0.3) is 0 Å². The smallest absolute Gasteiger partial charge is 0.216 e. The highest BCUT2D eigenvalue weighted by molar-refractivity contribution is 6.44. The molecule has 0 aromatic carbocycles. The van der Waals surface area contributed by atoms with E-state index < -0.39 is 10.8 Å². The molecule has 7 heteroatoms. The quantitative estimate of drug-likeness (QED) is 0.563. The van der Waals surface area contributed by atoms with E-state index in [9.17, 15) is 4.39 Å². The summed E-state index contributed by atoms with van der Waals surface area (Å²) in [5, 5.41) is -0.542. The van der Waals surface area contributed by atoms with E-state index in [1.807, 2.05) is 0 Å². The van der Waals surface area contributed by atoms with Crippen LogP contribution in [-0.2, 0) is 0 Å². The number of nitrogens with zero attached hydrogens (tertiary/aromatic N) is 2. The van der Waals surface area contributed by atoms with Crippen LogP contribution < -0.4 is 0 Å². The van der Waals surface area contributed by atoms with Crippen LogP contribution in [0.2, 0.25) is 10.2 Å². The van der Waals surface area contributed by atoms with Gasteiger partial charge in [-0.1, -0.05) is 46.4 Å². The van der Waals surface area contributed by atoms with Crippen molar-refractivity contribution in [3.05, 3.63) is 21.9 Å². The highest BCUT2D eigenvalue weighted by Gasteiger charge is 2.14. The van der Waals surface area contributed by atoms with Gasteiger partial charge in [0.15, 0.2) is 15.8 Å². The van der Waals surface area contributed by atoms with E-state index in [1.54, 1.807) is 0 Å². The van der Waals surface area contributed by atoms with Crippen LogP contribution >= 0.6 is 46.4 Å². The fourth-order valence-corrected chi connectivity index (χ4v) is 0.951. The van der Waals surface area contributed by atoms with E-state index >= 15 is 0 Å². The Labute approximate surface area is 87.6 Å². The molecule has 0 radical (unpaired) electrons. The molecular formula is C5HCl4FN2. The molecule has 1 aromatic rings. The second-order valence-corrected chi connectivity index (χ2v) is 3.61. The summed E-state index contributed by atoms with van der Waals surface area (Å²) < 4.78 is 12.7.